The van der Waals surface area contributed by atoms with Crippen molar-refractivity contribution in [2.24, 2.45) is 5.10 Å². The van der Waals surface area contributed by atoms with E-state index in [4.69, 9.17) is 0 Å². The number of nitro benzene ring substituents is 1. The minimum Gasteiger partial charge on any atom is -0.267 e. The van der Waals surface area contributed by atoms with Gasteiger partial charge in [0.05, 0.1) is 10.6 Å². The molecule has 1 heterocycles. The molecule has 3 rings (SSSR count). The average Bonchev–Trinajstić information content (AvgIpc) is 2.69. The van der Waals surface area contributed by atoms with E-state index in [0.29, 0.717) is 5.71 Å². The number of aromatic nitrogens is 1. The summed E-state index contributed by atoms with van der Waals surface area (Å²) in [5, 5.41) is 15.1. The van der Waals surface area contributed by atoms with Crippen molar-refractivity contribution in [2.75, 3.05) is 0 Å². The molecule has 128 valence electrons. The third-order valence-corrected chi connectivity index (χ3v) is 3.59. The fraction of sp³-hybridized carbons (Fsp3) is 0. The minimum absolute atomic E-state index is 0.154. The molecule has 0 bridgehead atoms. The van der Waals surface area contributed by atoms with Crippen molar-refractivity contribution in [1.82, 2.24) is 10.4 Å². The molecule has 7 nitrogen and oxygen atoms in total. The van der Waals surface area contributed by atoms with E-state index in [-0.39, 0.29) is 11.3 Å². The minimum atomic E-state index is -0.549. The molecule has 0 atom stereocenters. The number of carbonyl (C=O) groups is 1. The molecule has 0 spiro atoms. The Kier molecular flexibility index (Phi) is 5.09. The standard InChI is InChI=1S/C19H14N4O3/c24-19(16-7-4-8-17(13-16)23(25)26)22-21-18(14-5-2-1-3-6-14)15-9-11-20-12-10-15/h1-13H,(H,22,24)/b21-18+. The van der Waals surface area contributed by atoms with Gasteiger partial charge in [-0.05, 0) is 18.2 Å². The van der Waals surface area contributed by atoms with Crippen LogP contribution in [0.2, 0.25) is 0 Å². The van der Waals surface area contributed by atoms with Gasteiger partial charge in [-0.25, -0.2) is 5.43 Å². The Balaban J connectivity index is 1.91. The van der Waals surface area contributed by atoms with Crippen LogP contribution in [0, 0.1) is 10.1 Å². The number of nitro groups is 1. The van der Waals surface area contributed by atoms with E-state index >= 15 is 0 Å². The van der Waals surface area contributed by atoms with Gasteiger partial charge >= 0.3 is 0 Å². The Morgan fingerprint density at radius 2 is 1.58 bits per heavy atom. The van der Waals surface area contributed by atoms with Crippen molar-refractivity contribution < 1.29 is 9.72 Å². The van der Waals surface area contributed by atoms with Crippen molar-refractivity contribution in [3.63, 3.8) is 0 Å². The predicted octanol–water partition coefficient (Wildman–Crippen LogP) is 3.17. The van der Waals surface area contributed by atoms with Crippen molar-refractivity contribution in [2.45, 2.75) is 0 Å². The van der Waals surface area contributed by atoms with Crippen molar-refractivity contribution in [1.29, 1.82) is 0 Å². The maximum atomic E-state index is 12.3. The van der Waals surface area contributed by atoms with Crippen LogP contribution in [-0.4, -0.2) is 21.5 Å². The van der Waals surface area contributed by atoms with Crippen LogP contribution in [0.3, 0.4) is 0 Å². The van der Waals surface area contributed by atoms with Crippen molar-refractivity contribution >= 4 is 17.3 Å². The monoisotopic (exact) mass is 346 g/mol. The number of nitrogens with one attached hydrogen (secondary N) is 1. The van der Waals surface area contributed by atoms with Crippen LogP contribution in [0.1, 0.15) is 21.5 Å². The molecule has 0 aliphatic heterocycles. The second kappa shape index (κ2) is 7.80. The van der Waals surface area contributed by atoms with Crippen LogP contribution in [0.4, 0.5) is 5.69 Å². The Morgan fingerprint density at radius 1 is 0.923 bits per heavy atom. The molecule has 0 radical (unpaired) electrons. The van der Waals surface area contributed by atoms with E-state index < -0.39 is 10.8 Å². The summed E-state index contributed by atoms with van der Waals surface area (Å²) in [5.41, 5.74) is 4.63. The Labute approximate surface area is 149 Å². The highest BCUT2D eigenvalue weighted by Gasteiger charge is 2.12. The van der Waals surface area contributed by atoms with Gasteiger partial charge < -0.3 is 0 Å². The summed E-state index contributed by atoms with van der Waals surface area (Å²) >= 11 is 0. The molecular formula is C19H14N4O3. The molecule has 0 unspecified atom stereocenters. The Bertz CT molecular complexity index is 915. The molecule has 2 aromatic carbocycles. The predicted molar refractivity (Wildman–Crippen MR) is 96.9 cm³/mol. The third-order valence-electron chi connectivity index (χ3n) is 3.59. The first-order chi connectivity index (χ1) is 12.6. The molecule has 7 heteroatoms. The first-order valence-electron chi connectivity index (χ1n) is 7.73. The second-order valence-electron chi connectivity index (χ2n) is 5.31. The summed E-state index contributed by atoms with van der Waals surface area (Å²) < 4.78 is 0. The topological polar surface area (TPSA) is 97.5 Å². The number of benzene rings is 2. The van der Waals surface area contributed by atoms with Gasteiger partial charge in [0.1, 0.15) is 0 Å². The molecule has 1 N–H and O–H groups in total. The number of non-ortho nitro benzene ring substituents is 1. The van der Waals surface area contributed by atoms with Crippen LogP contribution >= 0.6 is 0 Å². The summed E-state index contributed by atoms with van der Waals surface area (Å²) in [6.07, 6.45) is 3.27. The van der Waals surface area contributed by atoms with E-state index in [9.17, 15) is 14.9 Å². The third kappa shape index (κ3) is 3.96. The number of hydrazone groups is 1. The van der Waals surface area contributed by atoms with Gasteiger partial charge in [-0.15, -0.1) is 0 Å². The number of pyridine rings is 1. The molecule has 26 heavy (non-hydrogen) atoms. The van der Waals surface area contributed by atoms with Crippen LogP contribution in [0.15, 0.2) is 84.2 Å². The van der Waals surface area contributed by atoms with Gasteiger partial charge in [-0.1, -0.05) is 36.4 Å². The normalized spacial score (nSPS) is 11.0. The quantitative estimate of drug-likeness (QED) is 0.436. The number of hydrogen-bond donors (Lipinski definition) is 1. The van der Waals surface area contributed by atoms with Crippen LogP contribution in [-0.2, 0) is 0 Å². The van der Waals surface area contributed by atoms with E-state index in [1.807, 2.05) is 30.3 Å². The number of amides is 1. The molecule has 1 amide bonds. The van der Waals surface area contributed by atoms with Crippen molar-refractivity contribution in [3.05, 3.63) is 106 Å². The first kappa shape index (κ1) is 17.0. The lowest BCUT2D eigenvalue weighted by Gasteiger charge is -2.08. The second-order valence-corrected chi connectivity index (χ2v) is 5.31. The number of rotatable bonds is 5. The Morgan fingerprint density at radius 3 is 2.27 bits per heavy atom. The summed E-state index contributed by atoms with van der Waals surface area (Å²) in [6, 6.07) is 18.4. The van der Waals surface area contributed by atoms with E-state index in [2.05, 4.69) is 15.5 Å². The smallest absolute Gasteiger partial charge is 0.267 e. The SMILES string of the molecule is O=C(N/N=C(\c1ccccc1)c1ccncc1)c1cccc([N+](=O)[O-])c1. The summed E-state index contributed by atoms with van der Waals surface area (Å²) in [7, 11) is 0. The molecule has 0 saturated carbocycles. The van der Waals surface area contributed by atoms with Crippen LogP contribution < -0.4 is 5.43 Å². The van der Waals surface area contributed by atoms with E-state index in [1.54, 1.807) is 24.5 Å². The van der Waals surface area contributed by atoms with E-state index in [1.165, 1.54) is 24.3 Å². The van der Waals surface area contributed by atoms with Gasteiger partial charge in [0.2, 0.25) is 0 Å². The largest absolute Gasteiger partial charge is 0.271 e. The molecule has 3 aromatic rings. The number of carbonyl (C=O) groups excluding carboxylic acids is 1. The lowest BCUT2D eigenvalue weighted by Crippen LogP contribution is -2.20. The van der Waals surface area contributed by atoms with Gasteiger partial charge in [0.15, 0.2) is 0 Å². The number of nitrogens with zero attached hydrogens (tertiary/aromatic N) is 3. The molecule has 1 aromatic heterocycles. The maximum absolute atomic E-state index is 12.3. The zero-order valence-corrected chi connectivity index (χ0v) is 13.6. The number of hydrogen-bond acceptors (Lipinski definition) is 5. The molecular weight excluding hydrogens is 332 g/mol. The van der Waals surface area contributed by atoms with Gasteiger partial charge in [-0.2, -0.15) is 5.10 Å². The fourth-order valence-electron chi connectivity index (χ4n) is 2.33. The van der Waals surface area contributed by atoms with Crippen LogP contribution in [0.25, 0.3) is 0 Å². The maximum Gasteiger partial charge on any atom is 0.271 e. The summed E-state index contributed by atoms with van der Waals surface area (Å²) in [4.78, 5) is 26.6. The Hall–Kier alpha value is -3.87. The lowest BCUT2D eigenvalue weighted by molar-refractivity contribution is -0.384. The highest BCUT2D eigenvalue weighted by atomic mass is 16.6. The molecule has 0 aliphatic rings. The zero-order chi connectivity index (χ0) is 18.4. The van der Waals surface area contributed by atoms with Gasteiger partial charge in [0, 0.05) is 41.2 Å². The van der Waals surface area contributed by atoms with E-state index in [0.717, 1.165) is 11.1 Å². The zero-order valence-electron chi connectivity index (χ0n) is 13.6. The lowest BCUT2D eigenvalue weighted by atomic mass is 10.0. The van der Waals surface area contributed by atoms with Gasteiger partial charge in [-0.3, -0.25) is 19.9 Å². The van der Waals surface area contributed by atoms with Crippen molar-refractivity contribution in [3.8, 4) is 0 Å². The summed E-state index contributed by atoms with van der Waals surface area (Å²) in [5.74, 6) is -0.531. The van der Waals surface area contributed by atoms with Gasteiger partial charge in [0.25, 0.3) is 11.6 Å². The fourth-order valence-corrected chi connectivity index (χ4v) is 2.33. The average molecular weight is 346 g/mol. The molecule has 0 aliphatic carbocycles. The molecule has 0 saturated heterocycles. The highest BCUT2D eigenvalue weighted by Crippen LogP contribution is 2.13. The highest BCUT2D eigenvalue weighted by molar-refractivity contribution is 6.13. The summed E-state index contributed by atoms with van der Waals surface area (Å²) in [6.45, 7) is 0. The van der Waals surface area contributed by atoms with Crippen LogP contribution in [0.5, 0.6) is 0 Å². The molecule has 0 fully saturated rings. The first-order valence-corrected chi connectivity index (χ1v) is 7.73.